The van der Waals surface area contributed by atoms with E-state index < -0.39 is 0 Å². The molecular formula is C49H88N+. The fourth-order valence-electron chi connectivity index (χ4n) is 7.35. The van der Waals surface area contributed by atoms with Crippen LogP contribution in [0.5, 0.6) is 0 Å². The molecule has 0 amide bonds. The smallest absolute Gasteiger partial charge is 0.105 e. The second kappa shape index (κ2) is 37.2. The van der Waals surface area contributed by atoms with Gasteiger partial charge in [0.25, 0.3) is 0 Å². The van der Waals surface area contributed by atoms with Gasteiger partial charge in [-0.1, -0.05) is 223 Å². The van der Waals surface area contributed by atoms with E-state index >= 15 is 0 Å². The molecule has 1 rings (SSSR count). The highest BCUT2D eigenvalue weighted by Crippen LogP contribution is 2.19. The zero-order valence-electron chi connectivity index (χ0n) is 34.3. The molecule has 0 saturated carbocycles. The normalized spacial score (nSPS) is 12.4. The number of hydrogen-bond acceptors (Lipinski definition) is 0. The summed E-state index contributed by atoms with van der Waals surface area (Å²) < 4.78 is 1.10. The lowest BCUT2D eigenvalue weighted by molar-refractivity contribution is -0.925. The van der Waals surface area contributed by atoms with Gasteiger partial charge in [0.05, 0.1) is 19.6 Å². The molecule has 0 spiro atoms. The molecule has 0 bridgehead atoms. The van der Waals surface area contributed by atoms with Crippen molar-refractivity contribution in [3.63, 3.8) is 0 Å². The Morgan fingerprint density at radius 3 is 0.920 bits per heavy atom. The van der Waals surface area contributed by atoms with Crippen LogP contribution < -0.4 is 0 Å². The van der Waals surface area contributed by atoms with Crippen LogP contribution >= 0.6 is 0 Å². The van der Waals surface area contributed by atoms with Crippen molar-refractivity contribution in [3.8, 4) is 0 Å². The number of nitrogens with zero attached hydrogens (tertiary/aromatic N) is 1. The fourth-order valence-corrected chi connectivity index (χ4v) is 7.35. The van der Waals surface area contributed by atoms with Crippen molar-refractivity contribution in [2.24, 2.45) is 0 Å². The van der Waals surface area contributed by atoms with E-state index in [4.69, 9.17) is 0 Å². The molecule has 0 aliphatic rings. The highest BCUT2D eigenvalue weighted by atomic mass is 15.3. The summed E-state index contributed by atoms with van der Waals surface area (Å²) >= 11 is 0. The van der Waals surface area contributed by atoms with E-state index in [0.29, 0.717) is 0 Å². The van der Waals surface area contributed by atoms with Gasteiger partial charge in [0.2, 0.25) is 0 Å². The van der Waals surface area contributed by atoms with Gasteiger partial charge in [0, 0.05) is 5.56 Å². The molecule has 0 unspecified atom stereocenters. The van der Waals surface area contributed by atoms with Crippen LogP contribution in [0.1, 0.15) is 219 Å². The molecule has 1 aromatic carbocycles. The van der Waals surface area contributed by atoms with Gasteiger partial charge in [-0.15, -0.1) is 0 Å². The van der Waals surface area contributed by atoms with Gasteiger partial charge in [-0.3, -0.25) is 0 Å². The van der Waals surface area contributed by atoms with Gasteiger partial charge in [0.1, 0.15) is 6.54 Å². The quantitative estimate of drug-likeness (QED) is 0.0368. The van der Waals surface area contributed by atoms with Crippen LogP contribution in [0.2, 0.25) is 0 Å². The number of allylic oxidation sites excluding steroid dienone is 3. The zero-order chi connectivity index (χ0) is 35.9. The maximum atomic E-state index is 2.54. The molecule has 1 aromatic rings. The molecule has 1 heteroatoms. The maximum absolute atomic E-state index is 2.54. The average molecular weight is 691 g/mol. The van der Waals surface area contributed by atoms with Gasteiger partial charge < -0.3 is 4.48 Å². The minimum atomic E-state index is 1.10. The second-order valence-corrected chi connectivity index (χ2v) is 15.8. The summed E-state index contributed by atoms with van der Waals surface area (Å²) in [6, 6.07) is 11.3. The fraction of sp³-hybridized carbons (Fsp3) is 0.755. The number of quaternary nitrogens is 1. The summed E-state index contributed by atoms with van der Waals surface area (Å²) in [6.45, 7) is 11.4. The van der Waals surface area contributed by atoms with E-state index in [1.54, 1.807) is 0 Å². The standard InChI is InChI=1S/C49H88N/c1-4-7-10-13-16-19-22-25-28-31-34-40-45-50(48-49-43-38-37-39-44-49,46-41-35-32-29-26-23-20-17-14-11-8-5-2)47-42-36-33-30-27-24-21-18-15-12-9-6-3/h34-44H,4-33,45-48H2,1-3H3/q+1/b40-34-,41-35-,42-36+. The lowest BCUT2D eigenvalue weighted by Gasteiger charge is -2.36. The van der Waals surface area contributed by atoms with Crippen LogP contribution in [0.3, 0.4) is 0 Å². The summed E-state index contributed by atoms with van der Waals surface area (Å²) in [4.78, 5) is 0. The Labute approximate surface area is 315 Å². The van der Waals surface area contributed by atoms with Crippen LogP contribution in [0, 0.1) is 0 Å². The minimum Gasteiger partial charge on any atom is -0.310 e. The molecule has 0 aliphatic carbocycles. The van der Waals surface area contributed by atoms with E-state index in [9.17, 15) is 0 Å². The van der Waals surface area contributed by atoms with Gasteiger partial charge in [0.15, 0.2) is 0 Å². The van der Waals surface area contributed by atoms with Crippen LogP contribution in [0.15, 0.2) is 66.8 Å². The van der Waals surface area contributed by atoms with E-state index in [-0.39, 0.29) is 0 Å². The first kappa shape index (κ1) is 46.4. The summed E-state index contributed by atoms with van der Waals surface area (Å²) in [7, 11) is 0. The number of rotatable bonds is 38. The highest BCUT2D eigenvalue weighted by molar-refractivity contribution is 5.13. The van der Waals surface area contributed by atoms with Crippen molar-refractivity contribution in [3.05, 3.63) is 72.4 Å². The molecule has 0 atom stereocenters. The predicted molar refractivity (Wildman–Crippen MR) is 228 cm³/mol. The summed E-state index contributed by atoms with van der Waals surface area (Å²) in [6.07, 6.45) is 56.9. The number of benzene rings is 1. The Hall–Kier alpha value is -1.60. The average Bonchev–Trinajstić information content (AvgIpc) is 3.13. The monoisotopic (exact) mass is 691 g/mol. The van der Waals surface area contributed by atoms with Crippen molar-refractivity contribution in [2.75, 3.05) is 19.6 Å². The van der Waals surface area contributed by atoms with Crippen LogP contribution in [0.25, 0.3) is 0 Å². The van der Waals surface area contributed by atoms with Crippen LogP contribution in [-0.4, -0.2) is 24.1 Å². The minimum absolute atomic E-state index is 1.10. The number of unbranched alkanes of at least 4 members (excludes halogenated alkanes) is 27. The molecule has 0 fully saturated rings. The Bertz CT molecular complexity index is 796. The largest absolute Gasteiger partial charge is 0.310 e. The lowest BCUT2D eigenvalue weighted by Crippen LogP contribution is -2.47. The van der Waals surface area contributed by atoms with E-state index in [0.717, 1.165) is 30.7 Å². The molecule has 0 saturated heterocycles. The second-order valence-electron chi connectivity index (χ2n) is 15.8. The molecule has 0 heterocycles. The van der Waals surface area contributed by atoms with Crippen LogP contribution in [0.4, 0.5) is 0 Å². The van der Waals surface area contributed by atoms with Crippen molar-refractivity contribution in [2.45, 2.75) is 220 Å². The number of hydrogen-bond donors (Lipinski definition) is 0. The molecule has 0 N–H and O–H groups in total. The van der Waals surface area contributed by atoms with Gasteiger partial charge in [-0.25, -0.2) is 0 Å². The van der Waals surface area contributed by atoms with Crippen molar-refractivity contribution in [1.29, 1.82) is 0 Å². The van der Waals surface area contributed by atoms with Crippen molar-refractivity contribution in [1.82, 2.24) is 0 Å². The topological polar surface area (TPSA) is 0 Å². The van der Waals surface area contributed by atoms with E-state index in [1.165, 1.54) is 198 Å². The molecule has 50 heavy (non-hydrogen) atoms. The molecule has 288 valence electrons. The Morgan fingerprint density at radius 1 is 0.340 bits per heavy atom. The molecule has 1 nitrogen and oxygen atoms in total. The molecule has 0 aromatic heterocycles. The Kier molecular flexibility index (Phi) is 34.5. The van der Waals surface area contributed by atoms with Gasteiger partial charge >= 0.3 is 0 Å². The first-order valence-corrected chi connectivity index (χ1v) is 22.6. The predicted octanol–water partition coefficient (Wildman–Crippen LogP) is 16.4. The Morgan fingerprint density at radius 2 is 0.620 bits per heavy atom. The third-order valence-electron chi connectivity index (χ3n) is 10.8. The SMILES string of the molecule is CCCCCCCCCCC/C=C\C[N+](C/C=C\CCCCCCCCCCC)(C/C=C/CCCCCCCCCCC)Cc1ccccc1. The van der Waals surface area contributed by atoms with E-state index in [2.05, 4.69) is 87.6 Å². The molecular weight excluding hydrogens is 603 g/mol. The zero-order valence-corrected chi connectivity index (χ0v) is 34.3. The third kappa shape index (κ3) is 30.1. The van der Waals surface area contributed by atoms with E-state index in [1.807, 2.05) is 0 Å². The molecule has 0 aliphatic heterocycles. The lowest BCUT2D eigenvalue weighted by atomic mass is 10.1. The first-order valence-electron chi connectivity index (χ1n) is 22.6. The third-order valence-corrected chi connectivity index (χ3v) is 10.8. The van der Waals surface area contributed by atoms with Gasteiger partial charge in [-0.2, -0.15) is 0 Å². The van der Waals surface area contributed by atoms with Crippen molar-refractivity contribution >= 4 is 0 Å². The Balaban J connectivity index is 2.67. The van der Waals surface area contributed by atoms with Gasteiger partial charge in [-0.05, 0) is 56.8 Å². The van der Waals surface area contributed by atoms with Crippen molar-refractivity contribution < 1.29 is 4.48 Å². The highest BCUT2D eigenvalue weighted by Gasteiger charge is 2.24. The first-order chi connectivity index (χ1) is 24.8. The summed E-state index contributed by atoms with van der Waals surface area (Å²) in [5, 5.41) is 0. The summed E-state index contributed by atoms with van der Waals surface area (Å²) in [5.74, 6) is 0. The van der Waals surface area contributed by atoms with Crippen LogP contribution in [-0.2, 0) is 6.54 Å². The summed E-state index contributed by atoms with van der Waals surface area (Å²) in [5.41, 5.74) is 1.47. The maximum Gasteiger partial charge on any atom is 0.105 e. The molecule has 0 radical (unpaired) electrons.